The van der Waals surface area contributed by atoms with Crippen LogP contribution in [-0.4, -0.2) is 22.5 Å². The second-order valence-electron chi connectivity index (χ2n) is 3.75. The van der Waals surface area contributed by atoms with Crippen molar-refractivity contribution in [1.29, 1.82) is 0 Å². The summed E-state index contributed by atoms with van der Waals surface area (Å²) in [5.74, 6) is 1.59. The molecule has 2 N–H and O–H groups in total. The zero-order valence-electron chi connectivity index (χ0n) is 10.0. The molecule has 0 aliphatic rings. The van der Waals surface area contributed by atoms with Gasteiger partial charge >= 0.3 is 6.01 Å². The van der Waals surface area contributed by atoms with Crippen molar-refractivity contribution in [3.8, 4) is 28.7 Å². The predicted octanol–water partition coefficient (Wildman–Crippen LogP) is 1.98. The van der Waals surface area contributed by atoms with E-state index in [9.17, 15) is 0 Å². The molecule has 7 nitrogen and oxygen atoms in total. The van der Waals surface area contributed by atoms with Crippen LogP contribution in [0.4, 0.5) is 6.01 Å². The molecule has 3 aromatic rings. The Kier molecular flexibility index (Phi) is 2.64. The van der Waals surface area contributed by atoms with Crippen molar-refractivity contribution in [3.63, 3.8) is 0 Å². The highest BCUT2D eigenvalue weighted by Crippen LogP contribution is 2.26. The normalized spacial score (nSPS) is 10.6. The van der Waals surface area contributed by atoms with E-state index in [1.54, 1.807) is 13.2 Å². The molecule has 0 unspecified atom stereocenters. The first-order chi connectivity index (χ1) is 9.26. The Morgan fingerprint density at radius 3 is 2.58 bits per heavy atom. The average molecular weight is 258 g/mol. The van der Waals surface area contributed by atoms with Gasteiger partial charge in [0, 0.05) is 11.6 Å². The molecule has 0 fully saturated rings. The van der Waals surface area contributed by atoms with Gasteiger partial charge in [0.1, 0.15) is 5.75 Å². The molecular formula is C12H10N4O3. The molecule has 0 aliphatic heterocycles. The highest BCUT2D eigenvalue weighted by Gasteiger charge is 2.13. The number of nitrogens with two attached hydrogens (primary N) is 1. The van der Waals surface area contributed by atoms with Gasteiger partial charge in [0.25, 0.3) is 5.89 Å². The van der Waals surface area contributed by atoms with Crippen molar-refractivity contribution in [2.45, 2.75) is 0 Å². The van der Waals surface area contributed by atoms with Gasteiger partial charge in [0.05, 0.1) is 7.11 Å². The van der Waals surface area contributed by atoms with Crippen molar-refractivity contribution in [2.24, 2.45) is 0 Å². The van der Waals surface area contributed by atoms with Crippen LogP contribution in [0.15, 0.2) is 39.3 Å². The van der Waals surface area contributed by atoms with Gasteiger partial charge in [0.2, 0.25) is 0 Å². The molecule has 0 amide bonds. The Labute approximate surface area is 108 Å². The lowest BCUT2D eigenvalue weighted by atomic mass is 10.1. The fourth-order valence-corrected chi connectivity index (χ4v) is 1.61. The summed E-state index contributed by atoms with van der Waals surface area (Å²) in [5.41, 5.74) is 6.66. The summed E-state index contributed by atoms with van der Waals surface area (Å²) >= 11 is 0. The van der Waals surface area contributed by atoms with E-state index in [4.69, 9.17) is 19.4 Å². The Bertz CT molecular complexity index is 687. The van der Waals surface area contributed by atoms with Crippen LogP contribution in [0, 0.1) is 0 Å². The van der Waals surface area contributed by atoms with E-state index < -0.39 is 0 Å². The number of nitrogens with zero attached hydrogens (tertiary/aromatic N) is 3. The van der Waals surface area contributed by atoms with Crippen molar-refractivity contribution in [1.82, 2.24) is 15.4 Å². The van der Waals surface area contributed by atoms with Gasteiger partial charge in [-0.05, 0) is 24.3 Å². The Morgan fingerprint density at radius 2 is 1.95 bits per heavy atom. The third-order valence-corrected chi connectivity index (χ3v) is 2.54. The molecule has 7 heteroatoms. The van der Waals surface area contributed by atoms with Gasteiger partial charge in [-0.3, -0.25) is 0 Å². The lowest BCUT2D eigenvalue weighted by Gasteiger charge is -1.99. The van der Waals surface area contributed by atoms with E-state index in [0.29, 0.717) is 11.5 Å². The third-order valence-electron chi connectivity index (χ3n) is 2.54. The molecule has 1 aromatic carbocycles. The van der Waals surface area contributed by atoms with Crippen molar-refractivity contribution < 1.29 is 13.7 Å². The van der Waals surface area contributed by atoms with Gasteiger partial charge in [-0.1, -0.05) is 10.3 Å². The van der Waals surface area contributed by atoms with Crippen molar-refractivity contribution in [2.75, 3.05) is 12.8 Å². The fraction of sp³-hybridized carbons (Fsp3) is 0.0833. The molecule has 2 heterocycles. The van der Waals surface area contributed by atoms with E-state index >= 15 is 0 Å². The fourth-order valence-electron chi connectivity index (χ4n) is 1.61. The number of nitrogen functional groups attached to an aromatic ring is 1. The number of anilines is 1. The number of benzene rings is 1. The van der Waals surface area contributed by atoms with Gasteiger partial charge in [0.15, 0.2) is 11.5 Å². The molecule has 0 saturated carbocycles. The Hall–Kier alpha value is -2.83. The van der Waals surface area contributed by atoms with E-state index in [0.717, 1.165) is 11.3 Å². The van der Waals surface area contributed by atoms with Crippen molar-refractivity contribution >= 4 is 6.01 Å². The molecule has 0 radical (unpaired) electrons. The summed E-state index contributed by atoms with van der Waals surface area (Å²) in [6.45, 7) is 0. The van der Waals surface area contributed by atoms with Crippen LogP contribution >= 0.6 is 0 Å². The molecule has 0 bridgehead atoms. The largest absolute Gasteiger partial charge is 0.497 e. The molecule has 0 saturated heterocycles. The van der Waals surface area contributed by atoms with Gasteiger partial charge in [-0.25, -0.2) is 0 Å². The second-order valence-corrected chi connectivity index (χ2v) is 3.75. The standard InChI is InChI=1S/C12H10N4O3/c1-17-8-4-2-7(3-5-8)10-6-9(16-19-10)11-14-15-12(13)18-11/h2-6H,1H3,(H2,13,15). The topological polar surface area (TPSA) is 100 Å². The molecule has 96 valence electrons. The van der Waals surface area contributed by atoms with E-state index in [1.807, 2.05) is 24.3 Å². The predicted molar refractivity (Wildman–Crippen MR) is 66.2 cm³/mol. The summed E-state index contributed by atoms with van der Waals surface area (Å²) in [6.07, 6.45) is 0. The van der Waals surface area contributed by atoms with Crippen LogP contribution < -0.4 is 10.5 Å². The van der Waals surface area contributed by atoms with Crippen LogP contribution in [0.2, 0.25) is 0 Å². The van der Waals surface area contributed by atoms with Crippen LogP contribution in [0.3, 0.4) is 0 Å². The first-order valence-electron chi connectivity index (χ1n) is 5.47. The molecule has 0 aliphatic carbocycles. The minimum absolute atomic E-state index is 0.0102. The zero-order valence-corrected chi connectivity index (χ0v) is 10.0. The number of rotatable bonds is 3. The second kappa shape index (κ2) is 4.45. The maximum Gasteiger partial charge on any atom is 0.313 e. The number of hydrogen-bond donors (Lipinski definition) is 1. The van der Waals surface area contributed by atoms with Crippen LogP contribution in [0.1, 0.15) is 0 Å². The number of hydrogen-bond acceptors (Lipinski definition) is 7. The van der Waals surface area contributed by atoms with Crippen LogP contribution in [-0.2, 0) is 0 Å². The summed E-state index contributed by atoms with van der Waals surface area (Å²) in [4.78, 5) is 0. The third kappa shape index (κ3) is 2.13. The quantitative estimate of drug-likeness (QED) is 0.766. The first kappa shape index (κ1) is 11.3. The maximum atomic E-state index is 5.35. The minimum Gasteiger partial charge on any atom is -0.497 e. The Morgan fingerprint density at radius 1 is 1.16 bits per heavy atom. The van der Waals surface area contributed by atoms with Crippen molar-refractivity contribution in [3.05, 3.63) is 30.3 Å². The summed E-state index contributed by atoms with van der Waals surface area (Å²) in [5, 5.41) is 11.2. The van der Waals surface area contributed by atoms with Crippen LogP contribution in [0.5, 0.6) is 5.75 Å². The number of aromatic nitrogens is 3. The van der Waals surface area contributed by atoms with E-state index in [-0.39, 0.29) is 11.9 Å². The summed E-state index contributed by atoms with van der Waals surface area (Å²) in [6, 6.07) is 9.10. The monoisotopic (exact) mass is 258 g/mol. The van der Waals surface area contributed by atoms with E-state index in [1.165, 1.54) is 0 Å². The minimum atomic E-state index is -0.0102. The Balaban J connectivity index is 1.91. The first-order valence-corrected chi connectivity index (χ1v) is 5.47. The SMILES string of the molecule is COc1ccc(-c2cc(-c3nnc(N)o3)no2)cc1. The highest BCUT2D eigenvalue weighted by molar-refractivity contribution is 5.63. The zero-order chi connectivity index (χ0) is 13.2. The number of ether oxygens (including phenoxy) is 1. The van der Waals surface area contributed by atoms with Gasteiger partial charge < -0.3 is 19.4 Å². The lowest BCUT2D eigenvalue weighted by molar-refractivity contribution is 0.414. The summed E-state index contributed by atoms with van der Waals surface area (Å²) < 4.78 is 15.4. The van der Waals surface area contributed by atoms with E-state index in [2.05, 4.69) is 15.4 Å². The summed E-state index contributed by atoms with van der Waals surface area (Å²) in [7, 11) is 1.61. The highest BCUT2D eigenvalue weighted by atomic mass is 16.5. The molecule has 0 spiro atoms. The molecular weight excluding hydrogens is 248 g/mol. The molecule has 0 atom stereocenters. The average Bonchev–Trinajstić information content (AvgIpc) is 3.07. The maximum absolute atomic E-state index is 5.35. The van der Waals surface area contributed by atoms with Gasteiger partial charge in [-0.15, -0.1) is 5.10 Å². The molecule has 19 heavy (non-hydrogen) atoms. The van der Waals surface area contributed by atoms with Gasteiger partial charge in [-0.2, -0.15) is 0 Å². The smallest absolute Gasteiger partial charge is 0.313 e. The van der Waals surface area contributed by atoms with Crippen LogP contribution in [0.25, 0.3) is 22.9 Å². The molecule has 3 rings (SSSR count). The lowest BCUT2D eigenvalue weighted by Crippen LogP contribution is -1.81. The molecule has 2 aromatic heterocycles. The number of methoxy groups -OCH3 is 1.